The van der Waals surface area contributed by atoms with Crippen molar-refractivity contribution in [3.63, 3.8) is 0 Å². The molecule has 0 aromatic carbocycles. The summed E-state index contributed by atoms with van der Waals surface area (Å²) in [6, 6.07) is 3.71. The summed E-state index contributed by atoms with van der Waals surface area (Å²) in [6.45, 7) is 4.90. The van der Waals surface area contributed by atoms with Crippen molar-refractivity contribution in [2.45, 2.75) is 20.4 Å². The number of hydrogen-bond donors (Lipinski definition) is 0. The highest BCUT2D eigenvalue weighted by atomic mass is 32.1. The highest BCUT2D eigenvalue weighted by Crippen LogP contribution is 2.13. The fourth-order valence-electron chi connectivity index (χ4n) is 1.61. The molecule has 2 rings (SSSR count). The molecule has 0 fully saturated rings. The predicted octanol–water partition coefficient (Wildman–Crippen LogP) is 3.17. The van der Waals surface area contributed by atoms with Crippen LogP contribution in [0.1, 0.15) is 27.9 Å². The van der Waals surface area contributed by atoms with Gasteiger partial charge in [0.05, 0.1) is 11.1 Å². The fourth-order valence-corrected chi connectivity index (χ4v) is 2.25. The maximum Gasteiger partial charge on any atom is 0.195 e. The summed E-state index contributed by atoms with van der Waals surface area (Å²) < 4.78 is 1.91. The first-order valence-corrected chi connectivity index (χ1v) is 6.38. The van der Waals surface area contributed by atoms with Crippen LogP contribution in [0.2, 0.25) is 0 Å². The van der Waals surface area contributed by atoms with Crippen molar-refractivity contribution in [2.24, 2.45) is 0 Å². The minimum atomic E-state index is 0.0450. The summed E-state index contributed by atoms with van der Waals surface area (Å²) in [5.74, 6) is 0.0450. The van der Waals surface area contributed by atoms with Crippen LogP contribution in [0.3, 0.4) is 0 Å². The van der Waals surface area contributed by atoms with E-state index in [9.17, 15) is 4.79 Å². The number of carbonyl (C=O) groups is 1. The summed E-state index contributed by atoms with van der Waals surface area (Å²) in [4.78, 5) is 12.5. The van der Waals surface area contributed by atoms with Gasteiger partial charge in [-0.15, -0.1) is 11.3 Å². The molecule has 0 atom stereocenters. The smallest absolute Gasteiger partial charge is 0.195 e. The Labute approximate surface area is 104 Å². The standard InChI is InChI=1S/C13H14N2OS/c1-3-15-10(2)11(9-14-15)6-7-12(16)13-5-4-8-17-13/h4-9H,3H2,1-2H3. The van der Waals surface area contributed by atoms with Gasteiger partial charge >= 0.3 is 0 Å². The first-order chi connectivity index (χ1) is 8.22. The van der Waals surface area contributed by atoms with E-state index in [1.807, 2.05) is 42.1 Å². The summed E-state index contributed by atoms with van der Waals surface area (Å²) in [6.07, 6.45) is 5.23. The van der Waals surface area contributed by atoms with E-state index >= 15 is 0 Å². The number of rotatable bonds is 4. The molecule has 0 saturated carbocycles. The minimum Gasteiger partial charge on any atom is -0.288 e. The number of aryl methyl sites for hydroxylation is 1. The summed E-state index contributed by atoms with van der Waals surface area (Å²) in [7, 11) is 0. The zero-order valence-corrected chi connectivity index (χ0v) is 10.7. The molecule has 0 unspecified atom stereocenters. The van der Waals surface area contributed by atoms with E-state index < -0.39 is 0 Å². The fraction of sp³-hybridized carbons (Fsp3) is 0.231. The van der Waals surface area contributed by atoms with E-state index in [1.165, 1.54) is 11.3 Å². The third-order valence-corrected chi connectivity index (χ3v) is 3.50. The van der Waals surface area contributed by atoms with Crippen LogP contribution in [0.25, 0.3) is 6.08 Å². The lowest BCUT2D eigenvalue weighted by Crippen LogP contribution is -1.98. The van der Waals surface area contributed by atoms with Gasteiger partial charge in [0, 0.05) is 17.8 Å². The lowest BCUT2D eigenvalue weighted by molar-refractivity contribution is 0.105. The Bertz CT molecular complexity index is 538. The van der Waals surface area contributed by atoms with Crippen LogP contribution >= 0.6 is 11.3 Å². The molecule has 4 heteroatoms. The predicted molar refractivity (Wildman–Crippen MR) is 70.3 cm³/mol. The number of nitrogens with zero attached hydrogens (tertiary/aromatic N) is 2. The van der Waals surface area contributed by atoms with Crippen molar-refractivity contribution < 1.29 is 4.79 Å². The Morgan fingerprint density at radius 3 is 3.00 bits per heavy atom. The second-order valence-electron chi connectivity index (χ2n) is 3.68. The molecule has 2 aromatic heterocycles. The summed E-state index contributed by atoms with van der Waals surface area (Å²) in [5, 5.41) is 6.14. The maximum atomic E-state index is 11.8. The van der Waals surface area contributed by atoms with Crippen LogP contribution in [0, 0.1) is 6.92 Å². The average molecular weight is 246 g/mol. The number of hydrogen-bond acceptors (Lipinski definition) is 3. The van der Waals surface area contributed by atoms with E-state index in [2.05, 4.69) is 5.10 Å². The van der Waals surface area contributed by atoms with E-state index in [4.69, 9.17) is 0 Å². The average Bonchev–Trinajstić information content (AvgIpc) is 2.96. The molecule has 0 spiro atoms. The number of ketones is 1. The Morgan fingerprint density at radius 2 is 2.41 bits per heavy atom. The molecule has 0 bridgehead atoms. The van der Waals surface area contributed by atoms with Crippen LogP contribution in [-0.4, -0.2) is 15.6 Å². The van der Waals surface area contributed by atoms with Gasteiger partial charge in [-0.2, -0.15) is 5.10 Å². The normalized spacial score (nSPS) is 11.2. The lowest BCUT2D eigenvalue weighted by Gasteiger charge is -1.98. The molecule has 0 radical (unpaired) electrons. The molecule has 0 saturated heterocycles. The van der Waals surface area contributed by atoms with Crippen molar-refractivity contribution in [2.75, 3.05) is 0 Å². The molecule has 2 aromatic rings. The molecular weight excluding hydrogens is 232 g/mol. The van der Waals surface area contributed by atoms with E-state index in [0.717, 1.165) is 22.7 Å². The summed E-state index contributed by atoms with van der Waals surface area (Å²) >= 11 is 1.46. The van der Waals surface area contributed by atoms with Gasteiger partial charge in [0.2, 0.25) is 0 Å². The van der Waals surface area contributed by atoms with Gasteiger partial charge in [-0.1, -0.05) is 6.07 Å². The molecule has 88 valence electrons. The third kappa shape index (κ3) is 2.53. The van der Waals surface area contributed by atoms with Crippen LogP contribution in [0.4, 0.5) is 0 Å². The van der Waals surface area contributed by atoms with Gasteiger partial charge in [0.25, 0.3) is 0 Å². The SMILES string of the molecule is CCn1ncc(C=CC(=O)c2cccs2)c1C. The molecule has 0 amide bonds. The molecule has 0 N–H and O–H groups in total. The van der Waals surface area contributed by atoms with Crippen LogP contribution in [0.15, 0.2) is 29.8 Å². The quantitative estimate of drug-likeness (QED) is 0.613. The van der Waals surface area contributed by atoms with Crippen molar-refractivity contribution in [1.82, 2.24) is 9.78 Å². The van der Waals surface area contributed by atoms with Crippen molar-refractivity contribution in [3.05, 3.63) is 45.9 Å². The number of allylic oxidation sites excluding steroid dienone is 1. The number of thiophene rings is 1. The summed E-state index contributed by atoms with van der Waals surface area (Å²) in [5.41, 5.74) is 2.08. The first kappa shape index (κ1) is 11.8. The Kier molecular flexibility index (Phi) is 3.54. The van der Waals surface area contributed by atoms with Crippen molar-refractivity contribution in [1.29, 1.82) is 0 Å². The third-order valence-electron chi connectivity index (χ3n) is 2.62. The monoisotopic (exact) mass is 246 g/mol. The Hall–Kier alpha value is -1.68. The van der Waals surface area contributed by atoms with Crippen LogP contribution in [0.5, 0.6) is 0 Å². The van der Waals surface area contributed by atoms with E-state index in [0.29, 0.717) is 0 Å². The molecule has 0 aliphatic heterocycles. The molecular formula is C13H14N2OS. The second kappa shape index (κ2) is 5.10. The lowest BCUT2D eigenvalue weighted by atomic mass is 10.2. The molecule has 0 aliphatic carbocycles. The van der Waals surface area contributed by atoms with E-state index in [1.54, 1.807) is 12.3 Å². The van der Waals surface area contributed by atoms with Gasteiger partial charge in [0.1, 0.15) is 0 Å². The van der Waals surface area contributed by atoms with Gasteiger partial charge < -0.3 is 0 Å². The molecule has 2 heterocycles. The van der Waals surface area contributed by atoms with Crippen LogP contribution < -0.4 is 0 Å². The maximum absolute atomic E-state index is 11.8. The van der Waals surface area contributed by atoms with E-state index in [-0.39, 0.29) is 5.78 Å². The Balaban J connectivity index is 2.15. The van der Waals surface area contributed by atoms with Crippen molar-refractivity contribution in [3.8, 4) is 0 Å². The zero-order valence-electron chi connectivity index (χ0n) is 9.88. The number of aromatic nitrogens is 2. The second-order valence-corrected chi connectivity index (χ2v) is 4.62. The minimum absolute atomic E-state index is 0.0450. The zero-order chi connectivity index (χ0) is 12.3. The van der Waals surface area contributed by atoms with Crippen LogP contribution in [-0.2, 0) is 6.54 Å². The highest BCUT2D eigenvalue weighted by Gasteiger charge is 2.04. The van der Waals surface area contributed by atoms with Gasteiger partial charge in [-0.3, -0.25) is 9.48 Å². The molecule has 17 heavy (non-hydrogen) atoms. The van der Waals surface area contributed by atoms with Gasteiger partial charge in [0.15, 0.2) is 5.78 Å². The topological polar surface area (TPSA) is 34.9 Å². The van der Waals surface area contributed by atoms with Gasteiger partial charge in [-0.25, -0.2) is 0 Å². The number of carbonyl (C=O) groups excluding carboxylic acids is 1. The largest absolute Gasteiger partial charge is 0.288 e. The van der Waals surface area contributed by atoms with Gasteiger partial charge in [-0.05, 0) is 37.4 Å². The molecule has 3 nitrogen and oxygen atoms in total. The first-order valence-electron chi connectivity index (χ1n) is 5.50. The Morgan fingerprint density at radius 1 is 1.59 bits per heavy atom. The molecule has 0 aliphatic rings. The highest BCUT2D eigenvalue weighted by molar-refractivity contribution is 7.12. The van der Waals surface area contributed by atoms with Crippen molar-refractivity contribution >= 4 is 23.2 Å².